The minimum atomic E-state index is 1.18. The molecule has 0 aliphatic carbocycles. The maximum absolute atomic E-state index is 5.37. The summed E-state index contributed by atoms with van der Waals surface area (Å²) in [6, 6.07) is 0. The van der Waals surface area contributed by atoms with Gasteiger partial charge in [0.15, 0.2) is 0 Å². The lowest BCUT2D eigenvalue weighted by atomic mass is 10.1. The zero-order valence-corrected chi connectivity index (χ0v) is 8.60. The van der Waals surface area contributed by atoms with Gasteiger partial charge in [0, 0.05) is 0 Å². The fourth-order valence-corrected chi connectivity index (χ4v) is 1.27. The highest BCUT2D eigenvalue weighted by Crippen LogP contribution is 2.10. The van der Waals surface area contributed by atoms with Gasteiger partial charge < -0.3 is 5.73 Å². The minimum absolute atomic E-state index is 1.18. The number of nitrogens with two attached hydrogens (primary N) is 1. The van der Waals surface area contributed by atoms with Gasteiger partial charge in [0.2, 0.25) is 0 Å². The van der Waals surface area contributed by atoms with Crippen LogP contribution in [0.3, 0.4) is 0 Å². The third kappa shape index (κ3) is 7.64. The molecule has 0 aromatic carbocycles. The van der Waals surface area contributed by atoms with Gasteiger partial charge in [-0.15, -0.1) is 0 Å². The molecule has 0 bridgehead atoms. The zero-order valence-electron chi connectivity index (χ0n) is 8.60. The monoisotopic (exact) mass is 169 g/mol. The van der Waals surface area contributed by atoms with Crippen LogP contribution < -0.4 is 5.73 Å². The summed E-state index contributed by atoms with van der Waals surface area (Å²) in [6.45, 7) is 4.35. The van der Waals surface area contributed by atoms with E-state index in [0.29, 0.717) is 0 Å². The van der Waals surface area contributed by atoms with Crippen molar-refractivity contribution in [2.24, 2.45) is 5.73 Å². The molecule has 0 fully saturated rings. The van der Waals surface area contributed by atoms with Crippen LogP contribution in [-0.4, -0.2) is 0 Å². The van der Waals surface area contributed by atoms with E-state index in [1.165, 1.54) is 50.5 Å². The Bertz CT molecular complexity index is 116. The predicted molar refractivity (Wildman–Crippen MR) is 55.9 cm³/mol. The van der Waals surface area contributed by atoms with Gasteiger partial charge in [-0.3, -0.25) is 0 Å². The van der Waals surface area contributed by atoms with Gasteiger partial charge in [-0.25, -0.2) is 0 Å². The molecule has 0 aromatic rings. The molecule has 0 amide bonds. The molecule has 0 heterocycles. The summed E-state index contributed by atoms with van der Waals surface area (Å²) in [5.41, 5.74) is 6.70. The molecule has 0 radical (unpaired) electrons. The Labute approximate surface area is 77.0 Å². The molecule has 2 N–H and O–H groups in total. The lowest BCUT2D eigenvalue weighted by molar-refractivity contribution is 0.606. The second-order valence-electron chi connectivity index (χ2n) is 3.53. The molecule has 1 nitrogen and oxygen atoms in total. The van der Waals surface area contributed by atoms with Crippen LogP contribution in [0.5, 0.6) is 0 Å². The third-order valence-electron chi connectivity index (χ3n) is 2.21. The van der Waals surface area contributed by atoms with Crippen LogP contribution in [0.4, 0.5) is 0 Å². The van der Waals surface area contributed by atoms with E-state index in [9.17, 15) is 0 Å². The molecule has 0 unspecified atom stereocenters. The molecule has 0 saturated carbocycles. The summed E-state index contributed by atoms with van der Waals surface area (Å²) in [5.74, 6) is 0. The van der Waals surface area contributed by atoms with Crippen molar-refractivity contribution in [1.29, 1.82) is 0 Å². The average molecular weight is 169 g/mol. The van der Waals surface area contributed by atoms with E-state index in [-0.39, 0.29) is 0 Å². The van der Waals surface area contributed by atoms with Gasteiger partial charge >= 0.3 is 0 Å². The second-order valence-corrected chi connectivity index (χ2v) is 3.53. The Kier molecular flexibility index (Phi) is 8.30. The van der Waals surface area contributed by atoms with Gasteiger partial charge in [-0.05, 0) is 26.0 Å². The maximum atomic E-state index is 5.37. The van der Waals surface area contributed by atoms with Crippen LogP contribution in [0, 0.1) is 0 Å². The summed E-state index contributed by atoms with van der Waals surface area (Å²) in [4.78, 5) is 0. The molecule has 0 saturated heterocycles. The highest BCUT2D eigenvalue weighted by molar-refractivity contribution is 4.93. The lowest BCUT2D eigenvalue weighted by Crippen LogP contribution is -1.85. The van der Waals surface area contributed by atoms with E-state index in [1.54, 1.807) is 6.20 Å². The number of allylic oxidation sites excluding steroid dienone is 1. The van der Waals surface area contributed by atoms with Gasteiger partial charge in [0.25, 0.3) is 0 Å². The quantitative estimate of drug-likeness (QED) is 0.579. The van der Waals surface area contributed by atoms with Crippen LogP contribution in [0.15, 0.2) is 11.8 Å². The highest BCUT2D eigenvalue weighted by Gasteiger charge is 1.91. The molecule has 0 aromatic heterocycles. The van der Waals surface area contributed by atoms with Crippen molar-refractivity contribution in [1.82, 2.24) is 0 Å². The summed E-state index contributed by atoms with van der Waals surface area (Å²) in [6.07, 6.45) is 11.1. The molecule has 0 rings (SSSR count). The van der Waals surface area contributed by atoms with Crippen molar-refractivity contribution in [2.45, 2.75) is 58.8 Å². The summed E-state index contributed by atoms with van der Waals surface area (Å²) >= 11 is 0. The Morgan fingerprint density at radius 1 is 1.08 bits per heavy atom. The number of hydrogen-bond donors (Lipinski definition) is 1. The average Bonchev–Trinajstić information content (AvgIpc) is 2.10. The number of unbranched alkanes of at least 4 members (excludes halogenated alkanes) is 5. The van der Waals surface area contributed by atoms with E-state index in [2.05, 4.69) is 13.8 Å². The molecular weight excluding hydrogens is 146 g/mol. The highest BCUT2D eigenvalue weighted by atomic mass is 14.5. The Hall–Kier alpha value is -0.460. The van der Waals surface area contributed by atoms with Crippen molar-refractivity contribution < 1.29 is 0 Å². The number of hydrogen-bond acceptors (Lipinski definition) is 1. The van der Waals surface area contributed by atoms with Crippen molar-refractivity contribution in [3.63, 3.8) is 0 Å². The fraction of sp³-hybridized carbons (Fsp3) is 0.818. The van der Waals surface area contributed by atoms with Crippen LogP contribution >= 0.6 is 0 Å². The van der Waals surface area contributed by atoms with Crippen molar-refractivity contribution in [3.8, 4) is 0 Å². The van der Waals surface area contributed by atoms with Gasteiger partial charge in [-0.1, -0.05) is 44.6 Å². The molecule has 0 aliphatic rings. The molecule has 0 spiro atoms. The topological polar surface area (TPSA) is 26.0 Å². The van der Waals surface area contributed by atoms with E-state index in [0.717, 1.165) is 0 Å². The summed E-state index contributed by atoms with van der Waals surface area (Å²) in [5, 5.41) is 0. The van der Waals surface area contributed by atoms with E-state index < -0.39 is 0 Å². The van der Waals surface area contributed by atoms with Crippen LogP contribution in [-0.2, 0) is 0 Å². The molecule has 12 heavy (non-hydrogen) atoms. The van der Waals surface area contributed by atoms with Crippen LogP contribution in [0.2, 0.25) is 0 Å². The van der Waals surface area contributed by atoms with E-state index >= 15 is 0 Å². The van der Waals surface area contributed by atoms with Crippen molar-refractivity contribution in [2.75, 3.05) is 0 Å². The Morgan fingerprint density at radius 3 is 2.25 bits per heavy atom. The summed E-state index contributed by atoms with van der Waals surface area (Å²) < 4.78 is 0. The van der Waals surface area contributed by atoms with Gasteiger partial charge in [-0.2, -0.15) is 0 Å². The molecule has 0 atom stereocenters. The Balaban J connectivity index is 3.00. The standard InChI is InChI=1S/C11H23N/c1-3-4-5-6-7-8-9-11(2)10-12/h10H,3-9,12H2,1-2H3. The minimum Gasteiger partial charge on any atom is -0.405 e. The Morgan fingerprint density at radius 2 is 1.67 bits per heavy atom. The first-order valence-electron chi connectivity index (χ1n) is 5.18. The fourth-order valence-electron chi connectivity index (χ4n) is 1.27. The second kappa shape index (κ2) is 8.63. The predicted octanol–water partition coefficient (Wildman–Crippen LogP) is 3.60. The SMILES string of the molecule is CCCCCCCCC(C)=CN. The van der Waals surface area contributed by atoms with Gasteiger partial charge in [0.05, 0.1) is 0 Å². The molecule has 0 aliphatic heterocycles. The molecule has 72 valence electrons. The zero-order chi connectivity index (χ0) is 9.23. The van der Waals surface area contributed by atoms with Crippen molar-refractivity contribution >= 4 is 0 Å². The smallest absolute Gasteiger partial charge is 0.00733 e. The first kappa shape index (κ1) is 11.5. The van der Waals surface area contributed by atoms with E-state index in [4.69, 9.17) is 5.73 Å². The van der Waals surface area contributed by atoms with E-state index in [1.807, 2.05) is 0 Å². The summed E-state index contributed by atoms with van der Waals surface area (Å²) in [7, 11) is 0. The van der Waals surface area contributed by atoms with Gasteiger partial charge in [0.1, 0.15) is 0 Å². The lowest BCUT2D eigenvalue weighted by Gasteiger charge is -2.00. The van der Waals surface area contributed by atoms with Crippen LogP contribution in [0.25, 0.3) is 0 Å². The largest absolute Gasteiger partial charge is 0.405 e. The third-order valence-corrected chi connectivity index (χ3v) is 2.21. The van der Waals surface area contributed by atoms with Crippen LogP contribution in [0.1, 0.15) is 58.8 Å². The number of rotatable bonds is 7. The maximum Gasteiger partial charge on any atom is -0.00733 e. The molecule has 1 heteroatoms. The first-order chi connectivity index (χ1) is 5.81. The van der Waals surface area contributed by atoms with Crippen molar-refractivity contribution in [3.05, 3.63) is 11.8 Å². The normalized spacial score (nSPS) is 12.0. The molecular formula is C11H23N. The first-order valence-corrected chi connectivity index (χ1v) is 5.18.